The summed E-state index contributed by atoms with van der Waals surface area (Å²) in [6.07, 6.45) is 1.02. The van der Waals surface area contributed by atoms with Crippen molar-refractivity contribution in [3.8, 4) is 0 Å². The largest absolute Gasteiger partial charge is 0.383 e. The van der Waals surface area contributed by atoms with Gasteiger partial charge in [-0.15, -0.1) is 0 Å². The third-order valence-electron chi connectivity index (χ3n) is 3.06. The van der Waals surface area contributed by atoms with E-state index in [4.69, 9.17) is 4.74 Å². The van der Waals surface area contributed by atoms with Gasteiger partial charge in [-0.1, -0.05) is 0 Å². The molecule has 4 heteroatoms. The maximum Gasteiger partial charge on any atom is 0.251 e. The molecule has 17 heavy (non-hydrogen) atoms. The second-order valence-electron chi connectivity index (χ2n) is 4.26. The predicted molar refractivity (Wildman–Crippen MR) is 67.6 cm³/mol. The maximum absolute atomic E-state index is 11.8. The molecule has 1 aromatic carbocycles. The SMILES string of the molecule is COCCNC(=O)c1ccc2c(c1)CCN2C. The number of nitrogens with one attached hydrogen (secondary N) is 1. The molecule has 4 nitrogen and oxygen atoms in total. The Hall–Kier alpha value is -1.55. The highest BCUT2D eigenvalue weighted by molar-refractivity contribution is 5.95. The number of likely N-dealkylation sites (N-methyl/N-ethyl adjacent to an activating group) is 1. The summed E-state index contributed by atoms with van der Waals surface area (Å²) in [5.74, 6) is -0.0283. The van der Waals surface area contributed by atoms with E-state index in [1.807, 2.05) is 18.2 Å². The van der Waals surface area contributed by atoms with Crippen LogP contribution in [0.3, 0.4) is 0 Å². The molecule has 1 aliphatic rings. The van der Waals surface area contributed by atoms with Gasteiger partial charge in [-0.2, -0.15) is 0 Å². The first kappa shape index (κ1) is 11.9. The van der Waals surface area contributed by atoms with Crippen LogP contribution in [0, 0.1) is 0 Å². The van der Waals surface area contributed by atoms with Crippen molar-refractivity contribution in [3.05, 3.63) is 29.3 Å². The number of carbonyl (C=O) groups is 1. The van der Waals surface area contributed by atoms with E-state index in [0.29, 0.717) is 13.2 Å². The molecule has 0 saturated heterocycles. The van der Waals surface area contributed by atoms with Gasteiger partial charge in [0.1, 0.15) is 0 Å². The van der Waals surface area contributed by atoms with E-state index in [2.05, 4.69) is 17.3 Å². The lowest BCUT2D eigenvalue weighted by Crippen LogP contribution is -2.26. The standard InChI is InChI=1S/C13H18N2O2/c1-15-7-5-10-9-11(3-4-12(10)15)13(16)14-6-8-17-2/h3-4,9H,5-8H2,1-2H3,(H,14,16). The van der Waals surface area contributed by atoms with Crippen LogP contribution in [-0.2, 0) is 11.2 Å². The average molecular weight is 234 g/mol. The van der Waals surface area contributed by atoms with Gasteiger partial charge in [-0.25, -0.2) is 0 Å². The summed E-state index contributed by atoms with van der Waals surface area (Å²) in [5.41, 5.74) is 3.22. The lowest BCUT2D eigenvalue weighted by Gasteiger charge is -2.12. The number of nitrogens with zero attached hydrogens (tertiary/aromatic N) is 1. The topological polar surface area (TPSA) is 41.6 Å². The number of amides is 1. The summed E-state index contributed by atoms with van der Waals surface area (Å²) < 4.78 is 4.89. The fourth-order valence-corrected chi connectivity index (χ4v) is 2.08. The summed E-state index contributed by atoms with van der Waals surface area (Å²) in [5, 5.41) is 2.82. The number of carbonyl (C=O) groups excluding carboxylic acids is 1. The number of hydrogen-bond acceptors (Lipinski definition) is 3. The van der Waals surface area contributed by atoms with E-state index in [1.54, 1.807) is 7.11 Å². The molecule has 0 saturated carbocycles. The Balaban J connectivity index is 2.05. The summed E-state index contributed by atoms with van der Waals surface area (Å²) in [6.45, 7) is 2.12. The third-order valence-corrected chi connectivity index (χ3v) is 3.06. The summed E-state index contributed by atoms with van der Waals surface area (Å²) in [4.78, 5) is 14.0. The molecule has 2 rings (SSSR count). The first-order valence-corrected chi connectivity index (χ1v) is 5.83. The van der Waals surface area contributed by atoms with Crippen molar-refractivity contribution in [2.45, 2.75) is 6.42 Å². The highest BCUT2D eigenvalue weighted by Gasteiger charge is 2.17. The maximum atomic E-state index is 11.8. The average Bonchev–Trinajstić information content (AvgIpc) is 2.71. The number of anilines is 1. The molecule has 0 aliphatic carbocycles. The van der Waals surface area contributed by atoms with Crippen LogP contribution in [0.25, 0.3) is 0 Å². The lowest BCUT2D eigenvalue weighted by molar-refractivity contribution is 0.0937. The second kappa shape index (κ2) is 5.19. The zero-order chi connectivity index (χ0) is 12.3. The van der Waals surface area contributed by atoms with E-state index >= 15 is 0 Å². The Morgan fingerprint density at radius 3 is 3.12 bits per heavy atom. The van der Waals surface area contributed by atoms with Crippen LogP contribution in [0.1, 0.15) is 15.9 Å². The van der Waals surface area contributed by atoms with Crippen LogP contribution in [-0.4, -0.2) is 39.8 Å². The van der Waals surface area contributed by atoms with Gasteiger partial charge in [-0.3, -0.25) is 4.79 Å². The molecule has 0 atom stereocenters. The molecular weight excluding hydrogens is 216 g/mol. The van der Waals surface area contributed by atoms with Gasteiger partial charge in [0.15, 0.2) is 0 Å². The van der Waals surface area contributed by atoms with Gasteiger partial charge < -0.3 is 15.0 Å². The van der Waals surface area contributed by atoms with Crippen LogP contribution in [0.2, 0.25) is 0 Å². The van der Waals surface area contributed by atoms with Crippen molar-refractivity contribution in [1.29, 1.82) is 0 Å². The number of rotatable bonds is 4. The normalized spacial score (nSPS) is 13.6. The van der Waals surface area contributed by atoms with Gasteiger partial charge in [0.2, 0.25) is 0 Å². The van der Waals surface area contributed by atoms with Crippen LogP contribution in [0.4, 0.5) is 5.69 Å². The highest BCUT2D eigenvalue weighted by atomic mass is 16.5. The van der Waals surface area contributed by atoms with Crippen molar-refractivity contribution >= 4 is 11.6 Å². The first-order chi connectivity index (χ1) is 8.22. The molecule has 92 valence electrons. The fraction of sp³-hybridized carbons (Fsp3) is 0.462. The second-order valence-corrected chi connectivity index (χ2v) is 4.26. The molecule has 0 radical (unpaired) electrons. The van der Waals surface area contributed by atoms with E-state index < -0.39 is 0 Å². The van der Waals surface area contributed by atoms with Crippen LogP contribution >= 0.6 is 0 Å². The molecule has 1 aliphatic heterocycles. The van der Waals surface area contributed by atoms with Gasteiger partial charge in [-0.05, 0) is 30.2 Å². The van der Waals surface area contributed by atoms with Gasteiger partial charge in [0, 0.05) is 38.5 Å². The van der Waals surface area contributed by atoms with E-state index in [1.165, 1.54) is 11.3 Å². The van der Waals surface area contributed by atoms with Crippen LogP contribution in [0.15, 0.2) is 18.2 Å². The summed E-state index contributed by atoms with van der Waals surface area (Å²) in [6, 6.07) is 5.89. The minimum atomic E-state index is -0.0283. The summed E-state index contributed by atoms with van der Waals surface area (Å²) >= 11 is 0. The molecule has 1 amide bonds. The Bertz CT molecular complexity index is 418. The monoisotopic (exact) mass is 234 g/mol. The third kappa shape index (κ3) is 2.58. The number of benzene rings is 1. The lowest BCUT2D eigenvalue weighted by atomic mass is 10.1. The van der Waals surface area contributed by atoms with E-state index in [-0.39, 0.29) is 5.91 Å². The molecule has 0 fully saturated rings. The summed E-state index contributed by atoms with van der Waals surface area (Å²) in [7, 11) is 3.70. The fourth-order valence-electron chi connectivity index (χ4n) is 2.08. The minimum Gasteiger partial charge on any atom is -0.383 e. The number of ether oxygens (including phenoxy) is 1. The van der Waals surface area contributed by atoms with Crippen LogP contribution in [0.5, 0.6) is 0 Å². The Labute approximate surface area is 102 Å². The molecule has 0 unspecified atom stereocenters. The molecule has 1 aromatic rings. The minimum absolute atomic E-state index is 0.0283. The van der Waals surface area contributed by atoms with Gasteiger partial charge in [0.25, 0.3) is 5.91 Å². The van der Waals surface area contributed by atoms with Gasteiger partial charge in [0.05, 0.1) is 6.61 Å². The van der Waals surface area contributed by atoms with Crippen molar-refractivity contribution in [2.75, 3.05) is 38.8 Å². The molecule has 0 aromatic heterocycles. The molecule has 0 spiro atoms. The smallest absolute Gasteiger partial charge is 0.251 e. The quantitative estimate of drug-likeness (QED) is 0.792. The van der Waals surface area contributed by atoms with E-state index in [9.17, 15) is 4.79 Å². The highest BCUT2D eigenvalue weighted by Crippen LogP contribution is 2.27. The predicted octanol–water partition coefficient (Wildman–Crippen LogP) is 1.06. The number of hydrogen-bond donors (Lipinski definition) is 1. The molecule has 0 bridgehead atoms. The number of fused-ring (bicyclic) bond motifs is 1. The Kier molecular flexibility index (Phi) is 3.64. The zero-order valence-corrected chi connectivity index (χ0v) is 10.3. The van der Waals surface area contributed by atoms with Gasteiger partial charge >= 0.3 is 0 Å². The molecule has 1 N–H and O–H groups in total. The number of methoxy groups -OCH3 is 1. The van der Waals surface area contributed by atoms with Crippen LogP contribution < -0.4 is 10.2 Å². The Morgan fingerprint density at radius 1 is 1.53 bits per heavy atom. The molecule has 1 heterocycles. The van der Waals surface area contributed by atoms with E-state index in [0.717, 1.165) is 18.5 Å². The molecular formula is C13H18N2O2. The first-order valence-electron chi connectivity index (χ1n) is 5.83. The zero-order valence-electron chi connectivity index (χ0n) is 10.3. The van der Waals surface area contributed by atoms with Crippen molar-refractivity contribution in [2.24, 2.45) is 0 Å². The van der Waals surface area contributed by atoms with Crippen molar-refractivity contribution in [1.82, 2.24) is 5.32 Å². The van der Waals surface area contributed by atoms with Crippen molar-refractivity contribution in [3.63, 3.8) is 0 Å². The van der Waals surface area contributed by atoms with Crippen molar-refractivity contribution < 1.29 is 9.53 Å². The Morgan fingerprint density at radius 2 is 2.35 bits per heavy atom.